The van der Waals surface area contributed by atoms with Gasteiger partial charge in [0.25, 0.3) is 0 Å². The number of esters is 1. The van der Waals surface area contributed by atoms with Gasteiger partial charge in [-0.25, -0.2) is 0 Å². The van der Waals surface area contributed by atoms with E-state index in [1.54, 1.807) is 0 Å². The van der Waals surface area contributed by atoms with Gasteiger partial charge in [0.2, 0.25) is 0 Å². The number of carbonyl (C=O) groups excluding carboxylic acids is 1. The molecule has 1 rings (SSSR count). The Kier molecular flexibility index (Phi) is 5.57. The number of hydrogen-bond donors (Lipinski definition) is 1. The first-order chi connectivity index (χ1) is 9.24. The van der Waals surface area contributed by atoms with Gasteiger partial charge >= 0.3 is 11.9 Å². The first-order valence-corrected chi connectivity index (χ1v) is 7.20. The van der Waals surface area contributed by atoms with Gasteiger partial charge in [0, 0.05) is 6.61 Å². The Bertz CT molecular complexity index is 352. The highest BCUT2D eigenvalue weighted by Gasteiger charge is 2.53. The molecule has 1 saturated carbocycles. The molecule has 0 amide bonds. The third-order valence-corrected chi connectivity index (χ3v) is 4.01. The molecule has 0 spiro atoms. The van der Waals surface area contributed by atoms with E-state index in [0.717, 1.165) is 25.7 Å². The summed E-state index contributed by atoms with van der Waals surface area (Å²) in [5.41, 5.74) is -1.81. The predicted octanol–water partition coefficient (Wildman–Crippen LogP) is 2.63. The van der Waals surface area contributed by atoms with Gasteiger partial charge in [-0.1, -0.05) is 12.8 Å². The molecule has 5 nitrogen and oxygen atoms in total. The maximum atomic E-state index is 12.2. The molecule has 1 unspecified atom stereocenters. The van der Waals surface area contributed by atoms with E-state index in [2.05, 4.69) is 0 Å². The van der Waals surface area contributed by atoms with E-state index in [0.29, 0.717) is 0 Å². The summed E-state index contributed by atoms with van der Waals surface area (Å²) in [6.07, 6.45) is 3.62. The predicted molar refractivity (Wildman–Crippen MR) is 74.4 cm³/mol. The molecule has 1 aliphatic rings. The summed E-state index contributed by atoms with van der Waals surface area (Å²) in [6, 6.07) is 0. The van der Waals surface area contributed by atoms with E-state index < -0.39 is 17.4 Å². The van der Waals surface area contributed by atoms with Gasteiger partial charge in [0.05, 0.1) is 12.7 Å². The summed E-state index contributed by atoms with van der Waals surface area (Å²) in [4.78, 5) is 24.0. The highest BCUT2D eigenvalue weighted by Crippen LogP contribution is 2.44. The lowest BCUT2D eigenvalue weighted by atomic mass is 9.72. The fourth-order valence-electron chi connectivity index (χ4n) is 2.96. The van der Waals surface area contributed by atoms with Crippen LogP contribution in [0.25, 0.3) is 0 Å². The second-order valence-electron chi connectivity index (χ2n) is 6.46. The van der Waals surface area contributed by atoms with Crippen LogP contribution in [0.5, 0.6) is 0 Å². The molecule has 1 aliphatic carbocycles. The zero-order valence-electron chi connectivity index (χ0n) is 12.9. The Morgan fingerprint density at radius 2 is 1.75 bits per heavy atom. The van der Waals surface area contributed by atoms with Gasteiger partial charge in [0.15, 0.2) is 5.41 Å². The highest BCUT2D eigenvalue weighted by atomic mass is 16.5. The monoisotopic (exact) mass is 286 g/mol. The fourth-order valence-corrected chi connectivity index (χ4v) is 2.96. The smallest absolute Gasteiger partial charge is 0.323 e. The standard InChI is InChI=1S/C15H26O5/c1-14(2,3)20-10-9-15(12(16)17,13(18)19-4)11-7-5-6-8-11/h11H,5-10H2,1-4H3,(H,16,17). The van der Waals surface area contributed by atoms with Crippen LogP contribution in [0.3, 0.4) is 0 Å². The number of carboxylic acid groups (broad SMARTS) is 1. The summed E-state index contributed by atoms with van der Waals surface area (Å²) in [6.45, 7) is 5.96. The first kappa shape index (κ1) is 17.0. The van der Waals surface area contributed by atoms with Crippen LogP contribution in [-0.4, -0.2) is 36.4 Å². The van der Waals surface area contributed by atoms with Gasteiger partial charge in [-0.3, -0.25) is 9.59 Å². The van der Waals surface area contributed by atoms with Crippen LogP contribution in [0.1, 0.15) is 52.9 Å². The van der Waals surface area contributed by atoms with Crippen molar-refractivity contribution >= 4 is 11.9 Å². The van der Waals surface area contributed by atoms with Crippen LogP contribution in [0, 0.1) is 11.3 Å². The van der Waals surface area contributed by atoms with Crippen molar-refractivity contribution in [3.8, 4) is 0 Å². The number of aliphatic carboxylic acids is 1. The molecule has 0 aromatic rings. The Balaban J connectivity index is 2.92. The van der Waals surface area contributed by atoms with Crippen LogP contribution >= 0.6 is 0 Å². The molecule has 116 valence electrons. The van der Waals surface area contributed by atoms with Gasteiger partial charge < -0.3 is 14.6 Å². The lowest BCUT2D eigenvalue weighted by Crippen LogP contribution is -2.47. The Morgan fingerprint density at radius 3 is 2.15 bits per heavy atom. The minimum Gasteiger partial charge on any atom is -0.480 e. The minimum atomic E-state index is -1.46. The van der Waals surface area contributed by atoms with Crippen molar-refractivity contribution in [1.82, 2.24) is 0 Å². The van der Waals surface area contributed by atoms with E-state index in [9.17, 15) is 14.7 Å². The van der Waals surface area contributed by atoms with Crippen molar-refractivity contribution < 1.29 is 24.2 Å². The number of ether oxygens (including phenoxy) is 2. The molecule has 1 fully saturated rings. The third-order valence-electron chi connectivity index (χ3n) is 4.01. The topological polar surface area (TPSA) is 72.8 Å². The summed E-state index contributed by atoms with van der Waals surface area (Å²) in [5.74, 6) is -1.89. The number of rotatable bonds is 6. The number of methoxy groups -OCH3 is 1. The zero-order valence-corrected chi connectivity index (χ0v) is 12.9. The normalized spacial score (nSPS) is 19.6. The molecule has 0 aliphatic heterocycles. The summed E-state index contributed by atoms with van der Waals surface area (Å²) in [7, 11) is 1.25. The minimum absolute atomic E-state index is 0.156. The molecular formula is C15H26O5. The molecule has 0 bridgehead atoms. The molecule has 20 heavy (non-hydrogen) atoms. The van der Waals surface area contributed by atoms with Gasteiger partial charge in [-0.2, -0.15) is 0 Å². The summed E-state index contributed by atoms with van der Waals surface area (Å²) >= 11 is 0. The van der Waals surface area contributed by atoms with E-state index in [1.807, 2.05) is 20.8 Å². The van der Waals surface area contributed by atoms with E-state index >= 15 is 0 Å². The summed E-state index contributed by atoms with van der Waals surface area (Å²) < 4.78 is 10.4. The molecule has 1 N–H and O–H groups in total. The van der Waals surface area contributed by atoms with Crippen LogP contribution in [0.15, 0.2) is 0 Å². The van der Waals surface area contributed by atoms with E-state index in [4.69, 9.17) is 9.47 Å². The van der Waals surface area contributed by atoms with E-state index in [1.165, 1.54) is 7.11 Å². The largest absolute Gasteiger partial charge is 0.480 e. The fraction of sp³-hybridized carbons (Fsp3) is 0.867. The van der Waals surface area contributed by atoms with Crippen molar-refractivity contribution in [3.05, 3.63) is 0 Å². The van der Waals surface area contributed by atoms with Crippen LogP contribution in [0.2, 0.25) is 0 Å². The number of carboxylic acids is 1. The van der Waals surface area contributed by atoms with Gasteiger partial charge in [-0.15, -0.1) is 0 Å². The number of hydrogen-bond acceptors (Lipinski definition) is 4. The molecule has 0 saturated heterocycles. The van der Waals surface area contributed by atoms with E-state index in [-0.39, 0.29) is 24.5 Å². The maximum absolute atomic E-state index is 12.2. The van der Waals surface area contributed by atoms with Gasteiger partial charge in [-0.05, 0) is 46.0 Å². The Hall–Kier alpha value is -1.10. The SMILES string of the molecule is COC(=O)C(CCOC(C)(C)C)(C(=O)O)C1CCCC1. The Morgan fingerprint density at radius 1 is 1.20 bits per heavy atom. The highest BCUT2D eigenvalue weighted by molar-refractivity contribution is 5.99. The second kappa shape index (κ2) is 6.57. The van der Waals surface area contributed by atoms with Crippen LogP contribution in [0.4, 0.5) is 0 Å². The van der Waals surface area contributed by atoms with Crippen molar-refractivity contribution in [2.45, 2.75) is 58.5 Å². The lowest BCUT2D eigenvalue weighted by Gasteiger charge is -2.33. The average Bonchev–Trinajstić information content (AvgIpc) is 2.86. The lowest BCUT2D eigenvalue weighted by molar-refractivity contribution is -0.174. The maximum Gasteiger partial charge on any atom is 0.323 e. The van der Waals surface area contributed by atoms with Gasteiger partial charge in [0.1, 0.15) is 0 Å². The van der Waals surface area contributed by atoms with Crippen LogP contribution in [-0.2, 0) is 19.1 Å². The van der Waals surface area contributed by atoms with Crippen molar-refractivity contribution in [1.29, 1.82) is 0 Å². The van der Waals surface area contributed by atoms with Crippen molar-refractivity contribution in [2.75, 3.05) is 13.7 Å². The van der Waals surface area contributed by atoms with Crippen molar-refractivity contribution in [2.24, 2.45) is 11.3 Å². The average molecular weight is 286 g/mol. The molecular weight excluding hydrogens is 260 g/mol. The third kappa shape index (κ3) is 3.72. The summed E-state index contributed by atoms with van der Waals surface area (Å²) in [5, 5.41) is 9.66. The molecule has 0 radical (unpaired) electrons. The zero-order chi connectivity index (χ0) is 15.4. The molecule has 1 atom stereocenters. The Labute approximate surface area is 120 Å². The number of carbonyl (C=O) groups is 2. The van der Waals surface area contributed by atoms with Crippen LogP contribution < -0.4 is 0 Å². The quantitative estimate of drug-likeness (QED) is 0.600. The molecule has 0 aromatic carbocycles. The molecule has 5 heteroatoms. The second-order valence-corrected chi connectivity index (χ2v) is 6.46. The first-order valence-electron chi connectivity index (χ1n) is 7.20. The van der Waals surface area contributed by atoms with Crippen molar-refractivity contribution in [3.63, 3.8) is 0 Å². The molecule has 0 heterocycles. The molecule has 0 aromatic heterocycles.